The quantitative estimate of drug-likeness (QED) is 0.434. The summed E-state index contributed by atoms with van der Waals surface area (Å²) in [5, 5.41) is 11.7. The van der Waals surface area contributed by atoms with Crippen LogP contribution in [0.2, 0.25) is 0 Å². The summed E-state index contributed by atoms with van der Waals surface area (Å²) < 4.78 is 1.88. The number of barbiturate groups is 1. The first-order chi connectivity index (χ1) is 16.5. The lowest BCUT2D eigenvalue weighted by Gasteiger charge is -2.27. The van der Waals surface area contributed by atoms with Crippen LogP contribution in [-0.4, -0.2) is 33.5 Å². The molecular weight excluding hydrogens is 446 g/mol. The Kier molecular flexibility index (Phi) is 5.90. The molecule has 2 N–H and O–H groups in total. The van der Waals surface area contributed by atoms with Gasteiger partial charge in [0.05, 0.1) is 11.3 Å². The molecule has 2 heterocycles. The van der Waals surface area contributed by atoms with Crippen molar-refractivity contribution in [1.29, 1.82) is 0 Å². The highest BCUT2D eigenvalue weighted by Gasteiger charge is 2.37. The fourth-order valence-electron chi connectivity index (χ4n) is 4.41. The van der Waals surface area contributed by atoms with E-state index in [2.05, 4.69) is 5.32 Å². The lowest BCUT2D eigenvalue weighted by atomic mass is 10.1. The van der Waals surface area contributed by atoms with Gasteiger partial charge in [-0.2, -0.15) is 0 Å². The molecule has 0 radical (unpaired) electrons. The summed E-state index contributed by atoms with van der Waals surface area (Å²) in [7, 11) is 0. The number of aryl methyl sites for hydroxylation is 4. The third-order valence-electron chi connectivity index (χ3n) is 6.03. The van der Waals surface area contributed by atoms with Crippen molar-refractivity contribution in [1.82, 2.24) is 9.88 Å². The number of anilines is 1. The van der Waals surface area contributed by atoms with Gasteiger partial charge in [0.2, 0.25) is 0 Å². The normalized spacial score (nSPS) is 15.1. The number of carbonyl (C=O) groups is 4. The second-order valence-electron chi connectivity index (χ2n) is 8.77. The fraction of sp³-hybridized carbons (Fsp3) is 0.185. The number of imide groups is 2. The van der Waals surface area contributed by atoms with Crippen molar-refractivity contribution >= 4 is 35.6 Å². The summed E-state index contributed by atoms with van der Waals surface area (Å²) in [6, 6.07) is 11.2. The third kappa shape index (κ3) is 4.26. The fourth-order valence-corrected chi connectivity index (χ4v) is 4.41. The second-order valence-corrected chi connectivity index (χ2v) is 8.77. The SMILES string of the molecule is Cc1cc(C)cc(N2C(=O)NC(=O)/C(=C\c3cc(C)n(-c4cc(C(=O)O)ccc4C)c3C)C2=O)c1. The highest BCUT2D eigenvalue weighted by atomic mass is 16.4. The number of carbonyl (C=O) groups excluding carboxylic acids is 3. The molecule has 1 aliphatic heterocycles. The molecule has 0 spiro atoms. The molecule has 1 saturated heterocycles. The van der Waals surface area contributed by atoms with Crippen LogP contribution < -0.4 is 10.2 Å². The van der Waals surface area contributed by atoms with Gasteiger partial charge in [-0.1, -0.05) is 12.1 Å². The van der Waals surface area contributed by atoms with E-state index in [1.54, 1.807) is 30.3 Å². The molecule has 0 aliphatic carbocycles. The number of amides is 4. The molecule has 1 fully saturated rings. The van der Waals surface area contributed by atoms with Gasteiger partial charge in [0, 0.05) is 17.1 Å². The van der Waals surface area contributed by atoms with Crippen LogP contribution in [0.4, 0.5) is 10.5 Å². The van der Waals surface area contributed by atoms with Gasteiger partial charge < -0.3 is 9.67 Å². The topological polar surface area (TPSA) is 109 Å². The van der Waals surface area contributed by atoms with E-state index in [1.165, 1.54) is 6.08 Å². The number of hydrogen-bond acceptors (Lipinski definition) is 4. The van der Waals surface area contributed by atoms with E-state index in [1.807, 2.05) is 51.3 Å². The van der Waals surface area contributed by atoms with Gasteiger partial charge in [0.15, 0.2) is 0 Å². The predicted octanol–water partition coefficient (Wildman–Crippen LogP) is 4.38. The number of carboxylic acid groups (broad SMARTS) is 1. The van der Waals surface area contributed by atoms with Gasteiger partial charge in [-0.05, 0) is 93.3 Å². The maximum absolute atomic E-state index is 13.3. The summed E-state index contributed by atoms with van der Waals surface area (Å²) >= 11 is 0. The molecule has 0 unspecified atom stereocenters. The Balaban J connectivity index is 1.80. The van der Waals surface area contributed by atoms with Crippen LogP contribution in [0, 0.1) is 34.6 Å². The predicted molar refractivity (Wildman–Crippen MR) is 132 cm³/mol. The molecule has 0 saturated carbocycles. The third-order valence-corrected chi connectivity index (χ3v) is 6.03. The summed E-state index contributed by atoms with van der Waals surface area (Å²) in [6.45, 7) is 9.28. The first-order valence-corrected chi connectivity index (χ1v) is 11.0. The monoisotopic (exact) mass is 471 g/mol. The zero-order valence-electron chi connectivity index (χ0n) is 20.1. The highest BCUT2D eigenvalue weighted by Crippen LogP contribution is 2.28. The number of rotatable bonds is 4. The number of aromatic carboxylic acids is 1. The Hall–Kier alpha value is -4.46. The van der Waals surface area contributed by atoms with Crippen molar-refractivity contribution in [3.63, 3.8) is 0 Å². The molecule has 4 amide bonds. The molecule has 0 atom stereocenters. The second kappa shape index (κ2) is 8.72. The molecule has 178 valence electrons. The Labute approximate surface area is 202 Å². The maximum Gasteiger partial charge on any atom is 0.335 e. The number of nitrogens with zero attached hydrogens (tertiary/aromatic N) is 2. The van der Waals surface area contributed by atoms with Crippen molar-refractivity contribution < 1.29 is 24.3 Å². The van der Waals surface area contributed by atoms with Crippen LogP contribution >= 0.6 is 0 Å². The Morgan fingerprint density at radius 3 is 2.20 bits per heavy atom. The molecule has 4 rings (SSSR count). The van der Waals surface area contributed by atoms with Gasteiger partial charge in [-0.15, -0.1) is 0 Å². The Morgan fingerprint density at radius 2 is 1.57 bits per heavy atom. The standard InChI is InChI=1S/C27H25N3O5/c1-14-8-15(2)10-21(9-14)30-25(32)22(24(31)28-27(30)35)12-20-11-17(4)29(18(20)5)23-13-19(26(33)34)7-6-16(23)3/h6-13H,1-5H3,(H,33,34)(H,28,31,35)/b22-12+. The van der Waals surface area contributed by atoms with Crippen molar-refractivity contribution in [2.24, 2.45) is 0 Å². The number of benzene rings is 2. The summed E-state index contributed by atoms with van der Waals surface area (Å²) in [6.07, 6.45) is 1.47. The molecular formula is C27H25N3O5. The first-order valence-electron chi connectivity index (χ1n) is 11.0. The minimum atomic E-state index is -1.03. The summed E-state index contributed by atoms with van der Waals surface area (Å²) in [4.78, 5) is 51.0. The van der Waals surface area contributed by atoms with Crippen molar-refractivity contribution in [2.45, 2.75) is 34.6 Å². The molecule has 2 aromatic carbocycles. The van der Waals surface area contributed by atoms with Crippen molar-refractivity contribution in [3.8, 4) is 5.69 Å². The lowest BCUT2D eigenvalue weighted by molar-refractivity contribution is -0.122. The van der Waals surface area contributed by atoms with E-state index in [0.29, 0.717) is 16.9 Å². The van der Waals surface area contributed by atoms with E-state index in [-0.39, 0.29) is 11.1 Å². The largest absolute Gasteiger partial charge is 0.478 e. The smallest absolute Gasteiger partial charge is 0.335 e. The van der Waals surface area contributed by atoms with E-state index in [0.717, 1.165) is 33.0 Å². The molecule has 35 heavy (non-hydrogen) atoms. The summed E-state index contributed by atoms with van der Waals surface area (Å²) in [5.74, 6) is -2.51. The van der Waals surface area contributed by atoms with Crippen LogP contribution in [0.5, 0.6) is 0 Å². The number of aromatic nitrogens is 1. The van der Waals surface area contributed by atoms with Gasteiger partial charge in [0.25, 0.3) is 11.8 Å². The van der Waals surface area contributed by atoms with Gasteiger partial charge in [-0.25, -0.2) is 14.5 Å². The van der Waals surface area contributed by atoms with Crippen LogP contribution in [0.3, 0.4) is 0 Å². The number of carboxylic acids is 1. The number of nitrogens with one attached hydrogen (secondary N) is 1. The zero-order chi connectivity index (χ0) is 25.6. The average molecular weight is 472 g/mol. The highest BCUT2D eigenvalue weighted by molar-refractivity contribution is 6.39. The number of hydrogen-bond donors (Lipinski definition) is 2. The Morgan fingerprint density at radius 1 is 0.914 bits per heavy atom. The summed E-state index contributed by atoms with van der Waals surface area (Å²) in [5.41, 5.74) is 5.82. The number of urea groups is 1. The minimum Gasteiger partial charge on any atom is -0.478 e. The van der Waals surface area contributed by atoms with Crippen molar-refractivity contribution in [2.75, 3.05) is 4.90 Å². The Bertz CT molecular complexity index is 1440. The van der Waals surface area contributed by atoms with Crippen molar-refractivity contribution in [3.05, 3.63) is 87.2 Å². The minimum absolute atomic E-state index is 0.155. The average Bonchev–Trinajstić information content (AvgIpc) is 3.03. The van der Waals surface area contributed by atoms with Crippen LogP contribution in [0.25, 0.3) is 11.8 Å². The molecule has 1 aromatic heterocycles. The zero-order valence-corrected chi connectivity index (χ0v) is 20.1. The van der Waals surface area contributed by atoms with Gasteiger partial charge in [0.1, 0.15) is 5.57 Å². The van der Waals surface area contributed by atoms with Crippen LogP contribution in [0.15, 0.2) is 48.0 Å². The molecule has 8 heteroatoms. The van der Waals surface area contributed by atoms with Gasteiger partial charge in [-0.3, -0.25) is 14.9 Å². The first kappa shape index (κ1) is 23.7. The van der Waals surface area contributed by atoms with Gasteiger partial charge >= 0.3 is 12.0 Å². The molecule has 1 aliphatic rings. The van der Waals surface area contributed by atoms with E-state index in [9.17, 15) is 24.3 Å². The van der Waals surface area contributed by atoms with Crippen LogP contribution in [0.1, 0.15) is 44.0 Å². The molecule has 3 aromatic rings. The molecule has 0 bridgehead atoms. The maximum atomic E-state index is 13.3. The van der Waals surface area contributed by atoms with Crippen LogP contribution in [-0.2, 0) is 9.59 Å². The van der Waals surface area contributed by atoms with E-state index >= 15 is 0 Å². The van der Waals surface area contributed by atoms with E-state index < -0.39 is 23.8 Å². The van der Waals surface area contributed by atoms with E-state index in [4.69, 9.17) is 0 Å². The molecule has 8 nitrogen and oxygen atoms in total. The lowest BCUT2D eigenvalue weighted by Crippen LogP contribution is -2.54.